The Labute approximate surface area is 123 Å². The van der Waals surface area contributed by atoms with Crippen LogP contribution in [0.4, 0.5) is 0 Å². The van der Waals surface area contributed by atoms with E-state index < -0.39 is 0 Å². The number of carbonyl (C=O) groups excluding carboxylic acids is 1. The fourth-order valence-electron chi connectivity index (χ4n) is 1.91. The van der Waals surface area contributed by atoms with E-state index >= 15 is 0 Å². The van der Waals surface area contributed by atoms with E-state index in [1.165, 1.54) is 0 Å². The quantitative estimate of drug-likeness (QED) is 0.373. The normalized spacial score (nSPS) is 10.8. The van der Waals surface area contributed by atoms with Gasteiger partial charge in [0.1, 0.15) is 0 Å². The minimum Gasteiger partial charge on any atom is -0.477 e. The van der Waals surface area contributed by atoms with Crippen molar-refractivity contribution in [1.29, 1.82) is 5.26 Å². The van der Waals surface area contributed by atoms with Crippen molar-refractivity contribution in [3.05, 3.63) is 71.3 Å². The molecular formula is C17H14N2O2. The van der Waals surface area contributed by atoms with Gasteiger partial charge in [-0.3, -0.25) is 4.79 Å². The number of aliphatic imine (C=N–C) groups is 1. The molecule has 0 aliphatic carbocycles. The van der Waals surface area contributed by atoms with E-state index in [-0.39, 0.29) is 11.7 Å². The van der Waals surface area contributed by atoms with Crippen LogP contribution in [0.25, 0.3) is 0 Å². The first-order valence-corrected chi connectivity index (χ1v) is 6.56. The molecule has 104 valence electrons. The Hall–Kier alpha value is -2.93. The minimum atomic E-state index is -0.0785. The van der Waals surface area contributed by atoms with Crippen molar-refractivity contribution in [3.8, 4) is 6.19 Å². The number of benzene rings is 2. The maximum Gasteiger partial charge on any atom is 0.231 e. The van der Waals surface area contributed by atoms with Crippen LogP contribution >= 0.6 is 0 Å². The van der Waals surface area contributed by atoms with Gasteiger partial charge >= 0.3 is 0 Å². The van der Waals surface area contributed by atoms with Gasteiger partial charge in [0.15, 0.2) is 5.78 Å². The van der Waals surface area contributed by atoms with Gasteiger partial charge in [0, 0.05) is 16.7 Å². The molecule has 0 aliphatic heterocycles. The lowest BCUT2D eigenvalue weighted by atomic mass is 10.0. The van der Waals surface area contributed by atoms with Crippen molar-refractivity contribution in [2.75, 3.05) is 6.61 Å². The summed E-state index contributed by atoms with van der Waals surface area (Å²) in [5.74, 6) is 0.146. The van der Waals surface area contributed by atoms with E-state index in [4.69, 9.17) is 10.00 Å². The zero-order chi connectivity index (χ0) is 15.1. The molecule has 0 bridgehead atoms. The van der Waals surface area contributed by atoms with Crippen molar-refractivity contribution in [2.24, 2.45) is 4.99 Å². The lowest BCUT2D eigenvalue weighted by molar-refractivity contribution is 0.103. The fourth-order valence-corrected chi connectivity index (χ4v) is 1.91. The van der Waals surface area contributed by atoms with E-state index in [2.05, 4.69) is 4.99 Å². The van der Waals surface area contributed by atoms with Gasteiger partial charge in [0.05, 0.1) is 6.61 Å². The Kier molecular flexibility index (Phi) is 4.84. The Morgan fingerprint density at radius 1 is 1.10 bits per heavy atom. The third kappa shape index (κ3) is 3.54. The van der Waals surface area contributed by atoms with E-state index in [0.717, 1.165) is 0 Å². The van der Waals surface area contributed by atoms with Crippen molar-refractivity contribution >= 4 is 11.7 Å². The van der Waals surface area contributed by atoms with Gasteiger partial charge in [-0.05, 0) is 19.1 Å². The molecule has 0 fully saturated rings. The molecule has 4 heteroatoms. The lowest BCUT2D eigenvalue weighted by Gasteiger charge is -2.07. The Morgan fingerprint density at radius 2 is 1.76 bits per heavy atom. The number of carbonyl (C=O) groups is 1. The first-order chi connectivity index (χ1) is 10.3. The molecule has 2 aromatic carbocycles. The van der Waals surface area contributed by atoms with Crippen LogP contribution in [0.3, 0.4) is 0 Å². The summed E-state index contributed by atoms with van der Waals surface area (Å²) in [7, 11) is 0. The molecule has 21 heavy (non-hydrogen) atoms. The highest BCUT2D eigenvalue weighted by Crippen LogP contribution is 2.13. The van der Waals surface area contributed by atoms with E-state index in [9.17, 15) is 4.79 Å². The first-order valence-electron chi connectivity index (χ1n) is 6.56. The van der Waals surface area contributed by atoms with Crippen LogP contribution in [-0.2, 0) is 4.74 Å². The standard InChI is InChI=1S/C17H14N2O2/c1-2-21-17(19-12-18)15-10-6-9-14(11-15)16(20)13-7-4-3-5-8-13/h3-11H,2H2,1H3. The highest BCUT2D eigenvalue weighted by Gasteiger charge is 2.11. The largest absolute Gasteiger partial charge is 0.477 e. The Morgan fingerprint density at radius 3 is 2.43 bits per heavy atom. The van der Waals surface area contributed by atoms with Gasteiger partial charge in [-0.1, -0.05) is 42.5 Å². The zero-order valence-electron chi connectivity index (χ0n) is 11.6. The number of ether oxygens (including phenoxy) is 1. The molecule has 0 N–H and O–H groups in total. The van der Waals surface area contributed by atoms with Gasteiger partial charge in [-0.15, -0.1) is 4.99 Å². The van der Waals surface area contributed by atoms with Crippen molar-refractivity contribution < 1.29 is 9.53 Å². The smallest absolute Gasteiger partial charge is 0.231 e. The predicted molar refractivity (Wildman–Crippen MR) is 80.1 cm³/mol. The van der Waals surface area contributed by atoms with Gasteiger partial charge < -0.3 is 4.74 Å². The van der Waals surface area contributed by atoms with E-state index in [0.29, 0.717) is 23.3 Å². The summed E-state index contributed by atoms with van der Waals surface area (Å²) in [6.45, 7) is 2.21. The highest BCUT2D eigenvalue weighted by atomic mass is 16.5. The number of nitrogens with zero attached hydrogens (tertiary/aromatic N) is 2. The molecule has 0 saturated carbocycles. The van der Waals surface area contributed by atoms with Gasteiger partial charge in [-0.25, -0.2) is 0 Å². The summed E-state index contributed by atoms with van der Waals surface area (Å²) < 4.78 is 5.33. The first kappa shape index (κ1) is 14.5. The summed E-state index contributed by atoms with van der Waals surface area (Å²) >= 11 is 0. The van der Waals surface area contributed by atoms with Crippen molar-refractivity contribution in [3.63, 3.8) is 0 Å². The minimum absolute atomic E-state index is 0.0785. The van der Waals surface area contributed by atoms with E-state index in [1.54, 1.807) is 42.6 Å². The second-order valence-corrected chi connectivity index (χ2v) is 4.23. The maximum atomic E-state index is 12.4. The maximum absolute atomic E-state index is 12.4. The molecule has 0 atom stereocenters. The summed E-state index contributed by atoms with van der Waals surface area (Å²) in [6, 6.07) is 15.9. The molecule has 4 nitrogen and oxygen atoms in total. The molecule has 0 spiro atoms. The summed E-state index contributed by atoms with van der Waals surface area (Å²) in [5, 5.41) is 8.70. The van der Waals surface area contributed by atoms with Crippen LogP contribution in [0.2, 0.25) is 0 Å². The number of hydrogen-bond acceptors (Lipinski definition) is 4. The molecule has 0 radical (unpaired) electrons. The second kappa shape index (κ2) is 7.01. The van der Waals surface area contributed by atoms with Crippen LogP contribution in [0.5, 0.6) is 0 Å². The molecule has 0 aromatic heterocycles. The van der Waals surface area contributed by atoms with Crippen molar-refractivity contribution in [1.82, 2.24) is 0 Å². The topological polar surface area (TPSA) is 62.4 Å². The van der Waals surface area contributed by atoms with Crippen LogP contribution in [0, 0.1) is 11.5 Å². The summed E-state index contributed by atoms with van der Waals surface area (Å²) in [5.41, 5.74) is 1.76. The number of rotatable bonds is 4. The highest BCUT2D eigenvalue weighted by molar-refractivity contribution is 6.10. The summed E-state index contributed by atoms with van der Waals surface area (Å²) in [4.78, 5) is 16.0. The molecule has 2 aromatic rings. The van der Waals surface area contributed by atoms with Gasteiger partial charge in [-0.2, -0.15) is 5.26 Å². The number of ketones is 1. The summed E-state index contributed by atoms with van der Waals surface area (Å²) in [6.07, 6.45) is 1.71. The number of nitriles is 1. The fraction of sp³-hybridized carbons (Fsp3) is 0.118. The monoisotopic (exact) mass is 278 g/mol. The molecular weight excluding hydrogens is 264 g/mol. The average molecular weight is 278 g/mol. The van der Waals surface area contributed by atoms with Gasteiger partial charge in [0.25, 0.3) is 0 Å². The molecule has 0 unspecified atom stereocenters. The lowest BCUT2D eigenvalue weighted by Crippen LogP contribution is -2.08. The third-order valence-corrected chi connectivity index (χ3v) is 2.84. The predicted octanol–water partition coefficient (Wildman–Crippen LogP) is 3.18. The molecule has 0 heterocycles. The van der Waals surface area contributed by atoms with Crippen LogP contribution in [0.15, 0.2) is 59.6 Å². The zero-order valence-corrected chi connectivity index (χ0v) is 11.6. The van der Waals surface area contributed by atoms with Crippen LogP contribution < -0.4 is 0 Å². The van der Waals surface area contributed by atoms with Crippen molar-refractivity contribution in [2.45, 2.75) is 6.92 Å². The van der Waals surface area contributed by atoms with E-state index in [1.807, 2.05) is 25.1 Å². The number of hydrogen-bond donors (Lipinski definition) is 0. The molecule has 2 rings (SSSR count). The van der Waals surface area contributed by atoms with Gasteiger partial charge in [0.2, 0.25) is 12.1 Å². The molecule has 0 saturated heterocycles. The molecule has 0 amide bonds. The Bertz CT molecular complexity index is 700. The Balaban J connectivity index is 2.36. The third-order valence-electron chi connectivity index (χ3n) is 2.84. The molecule has 0 aliphatic rings. The SMILES string of the molecule is CCOC(=NC#N)c1cccc(C(=O)c2ccccc2)c1. The van der Waals surface area contributed by atoms with Crippen LogP contribution in [-0.4, -0.2) is 18.3 Å². The average Bonchev–Trinajstić information content (AvgIpc) is 2.55. The van der Waals surface area contributed by atoms with Crippen LogP contribution in [0.1, 0.15) is 28.4 Å². The second-order valence-electron chi connectivity index (χ2n) is 4.23.